The van der Waals surface area contributed by atoms with E-state index < -0.39 is 44.1 Å². The van der Waals surface area contributed by atoms with Crippen molar-refractivity contribution in [2.45, 2.75) is 19.4 Å². The zero-order valence-electron chi connectivity index (χ0n) is 11.3. The molecule has 0 saturated heterocycles. The Balaban J connectivity index is 3.07. The third-order valence-corrected chi connectivity index (χ3v) is 3.03. The van der Waals surface area contributed by atoms with Gasteiger partial charge in [0.2, 0.25) is 0 Å². The van der Waals surface area contributed by atoms with E-state index in [9.17, 15) is 25.0 Å². The summed E-state index contributed by atoms with van der Waals surface area (Å²) in [5.74, 6) is -0.409. The number of amides is 1. The third-order valence-electron chi connectivity index (χ3n) is 2.65. The van der Waals surface area contributed by atoms with E-state index in [1.165, 1.54) is 0 Å². The van der Waals surface area contributed by atoms with Crippen molar-refractivity contribution in [3.63, 3.8) is 0 Å². The highest BCUT2D eigenvalue weighted by atomic mass is 35.5. The van der Waals surface area contributed by atoms with E-state index in [4.69, 9.17) is 21.4 Å². The number of aliphatic hydroxyl groups excluding tert-OH is 1. The molecule has 0 aliphatic carbocycles. The van der Waals surface area contributed by atoms with Crippen LogP contribution in [-0.2, 0) is 0 Å². The smallest absolute Gasteiger partial charge is 0.410 e. The molecular weight excluding hydrogens is 322 g/mol. The first-order chi connectivity index (χ1) is 10.3. The maximum absolute atomic E-state index is 11.6. The average Bonchev–Trinajstić information content (AvgIpc) is 2.45. The monoisotopic (exact) mass is 333 g/mol. The van der Waals surface area contributed by atoms with E-state index in [1.807, 2.05) is 0 Å². The first kappa shape index (κ1) is 17.6. The molecule has 1 amide bonds. The number of rotatable bonds is 6. The number of carbonyl (C=O) groups is 1. The van der Waals surface area contributed by atoms with Crippen LogP contribution >= 0.6 is 11.6 Å². The van der Waals surface area contributed by atoms with Gasteiger partial charge in [0.15, 0.2) is 5.02 Å². The van der Waals surface area contributed by atoms with Gasteiger partial charge in [-0.2, -0.15) is 0 Å². The molecule has 0 aromatic heterocycles. The van der Waals surface area contributed by atoms with Gasteiger partial charge in [-0.3, -0.25) is 20.2 Å². The highest BCUT2D eigenvalue weighted by Gasteiger charge is 2.26. The number of nitrogens with one attached hydrogen (secondary N) is 1. The van der Waals surface area contributed by atoms with Gasteiger partial charge in [0.25, 0.3) is 11.4 Å². The molecule has 0 aliphatic rings. The Morgan fingerprint density at radius 3 is 2.23 bits per heavy atom. The number of aliphatic hydroxyl groups is 1. The second kappa shape index (κ2) is 7.52. The molecule has 1 rings (SSSR count). The fraction of sp³-hybridized carbons (Fsp3) is 0.364. The largest absolute Gasteiger partial charge is 0.412 e. The van der Waals surface area contributed by atoms with Gasteiger partial charge in [-0.1, -0.05) is 18.5 Å². The van der Waals surface area contributed by atoms with Gasteiger partial charge in [0.05, 0.1) is 34.6 Å². The Morgan fingerprint density at radius 2 is 1.86 bits per heavy atom. The fourth-order valence-electron chi connectivity index (χ4n) is 1.47. The van der Waals surface area contributed by atoms with Gasteiger partial charge < -0.3 is 15.2 Å². The summed E-state index contributed by atoms with van der Waals surface area (Å²) >= 11 is 5.56. The molecule has 0 bridgehead atoms. The van der Waals surface area contributed by atoms with Gasteiger partial charge in [-0.25, -0.2) is 4.79 Å². The van der Waals surface area contributed by atoms with Gasteiger partial charge in [-0.05, 0) is 6.42 Å². The Hall–Kier alpha value is -2.46. The number of nitro benzene ring substituents is 2. The summed E-state index contributed by atoms with van der Waals surface area (Å²) in [5, 5.41) is 32.2. The number of nitro groups is 2. The predicted octanol–water partition coefficient (Wildman–Crippen LogP) is 2.02. The topological polar surface area (TPSA) is 145 Å². The van der Waals surface area contributed by atoms with Gasteiger partial charge >= 0.3 is 6.09 Å². The lowest BCUT2D eigenvalue weighted by molar-refractivity contribution is -0.394. The minimum atomic E-state index is -1.01. The molecule has 22 heavy (non-hydrogen) atoms. The van der Waals surface area contributed by atoms with Crippen LogP contribution in [0.3, 0.4) is 0 Å². The Bertz CT molecular complexity index is 568. The van der Waals surface area contributed by atoms with Gasteiger partial charge in [-0.15, -0.1) is 0 Å². The number of nitrogens with zero attached hydrogens (tertiary/aromatic N) is 2. The lowest BCUT2D eigenvalue weighted by Gasteiger charge is -2.13. The summed E-state index contributed by atoms with van der Waals surface area (Å²) < 4.78 is 4.76. The number of halogens is 1. The minimum Gasteiger partial charge on any atom is -0.410 e. The van der Waals surface area contributed by atoms with Crippen molar-refractivity contribution < 1.29 is 24.5 Å². The molecule has 0 saturated carbocycles. The van der Waals surface area contributed by atoms with Crippen molar-refractivity contribution in [1.82, 2.24) is 5.32 Å². The van der Waals surface area contributed by atoms with Crippen LogP contribution in [0.25, 0.3) is 0 Å². The maximum Gasteiger partial charge on any atom is 0.412 e. The van der Waals surface area contributed by atoms with E-state index in [0.717, 1.165) is 12.1 Å². The second-order valence-electron chi connectivity index (χ2n) is 4.11. The Kier molecular flexibility index (Phi) is 6.01. The summed E-state index contributed by atoms with van der Waals surface area (Å²) in [6.45, 7) is 1.38. The van der Waals surface area contributed by atoms with Crippen molar-refractivity contribution in [2.75, 3.05) is 6.61 Å². The second-order valence-corrected chi connectivity index (χ2v) is 4.49. The van der Waals surface area contributed by atoms with Crippen LogP contribution in [0.4, 0.5) is 16.2 Å². The molecule has 0 radical (unpaired) electrons. The zero-order chi connectivity index (χ0) is 16.9. The Labute approximate surface area is 128 Å². The summed E-state index contributed by atoms with van der Waals surface area (Å²) in [6, 6.07) is 1.04. The van der Waals surface area contributed by atoms with Crippen LogP contribution in [0.15, 0.2) is 12.1 Å². The molecule has 1 atom stereocenters. The minimum absolute atomic E-state index is 0.327. The normalized spacial score (nSPS) is 11.6. The molecular formula is C11H12ClN3O7. The van der Waals surface area contributed by atoms with Crippen molar-refractivity contribution in [2.24, 2.45) is 0 Å². The predicted molar refractivity (Wildman–Crippen MR) is 75.1 cm³/mol. The summed E-state index contributed by atoms with van der Waals surface area (Å²) in [4.78, 5) is 31.3. The summed E-state index contributed by atoms with van der Waals surface area (Å²) in [7, 11) is 0. The number of ether oxygens (including phenoxy) is 1. The quantitative estimate of drug-likeness (QED) is 0.598. The van der Waals surface area contributed by atoms with Crippen molar-refractivity contribution in [1.29, 1.82) is 0 Å². The van der Waals surface area contributed by atoms with Crippen LogP contribution in [0.2, 0.25) is 5.02 Å². The molecule has 0 spiro atoms. The van der Waals surface area contributed by atoms with E-state index in [-0.39, 0.29) is 6.61 Å². The number of hydrogen-bond donors (Lipinski definition) is 2. The van der Waals surface area contributed by atoms with Crippen molar-refractivity contribution in [3.8, 4) is 5.75 Å². The Morgan fingerprint density at radius 1 is 1.36 bits per heavy atom. The number of benzene rings is 1. The molecule has 1 aromatic rings. The average molecular weight is 334 g/mol. The molecule has 0 heterocycles. The van der Waals surface area contributed by atoms with Crippen LogP contribution in [-0.4, -0.2) is 33.7 Å². The molecule has 10 nitrogen and oxygen atoms in total. The van der Waals surface area contributed by atoms with E-state index in [0.29, 0.717) is 6.42 Å². The van der Waals surface area contributed by atoms with E-state index in [1.54, 1.807) is 6.92 Å². The first-order valence-electron chi connectivity index (χ1n) is 6.01. The third kappa shape index (κ3) is 4.27. The molecule has 120 valence electrons. The van der Waals surface area contributed by atoms with Crippen molar-refractivity contribution >= 4 is 29.1 Å². The number of carbonyl (C=O) groups excluding carboxylic acids is 1. The maximum atomic E-state index is 11.6. The molecule has 11 heteroatoms. The first-order valence-corrected chi connectivity index (χ1v) is 6.39. The highest BCUT2D eigenvalue weighted by Crippen LogP contribution is 2.37. The molecule has 0 fully saturated rings. The fourth-order valence-corrected chi connectivity index (χ4v) is 1.72. The molecule has 2 N–H and O–H groups in total. The molecule has 1 aromatic carbocycles. The summed E-state index contributed by atoms with van der Waals surface area (Å²) in [6.07, 6.45) is -0.584. The lowest BCUT2D eigenvalue weighted by atomic mass is 10.2. The summed E-state index contributed by atoms with van der Waals surface area (Å²) in [5.41, 5.74) is -1.51. The standard InChI is InChI=1S/C11H12ClN3O7/c1-2-6(5-16)13-11(17)22-7-3-8(14(18)19)10(12)9(4-7)15(20)21/h3-4,6,16H,2,5H2,1H3,(H,13,17)/t6-/m1/s1. The zero-order valence-corrected chi connectivity index (χ0v) is 12.1. The van der Waals surface area contributed by atoms with Crippen molar-refractivity contribution in [3.05, 3.63) is 37.4 Å². The molecule has 0 aliphatic heterocycles. The lowest BCUT2D eigenvalue weighted by Crippen LogP contribution is -2.38. The van der Waals surface area contributed by atoms with Crippen LogP contribution in [0.1, 0.15) is 13.3 Å². The van der Waals surface area contributed by atoms with Crippen LogP contribution in [0, 0.1) is 20.2 Å². The van der Waals surface area contributed by atoms with E-state index >= 15 is 0 Å². The van der Waals surface area contributed by atoms with Crippen LogP contribution in [0.5, 0.6) is 5.75 Å². The van der Waals surface area contributed by atoms with E-state index in [2.05, 4.69) is 5.32 Å². The molecule has 0 unspecified atom stereocenters. The van der Waals surface area contributed by atoms with Gasteiger partial charge in [0, 0.05) is 0 Å². The van der Waals surface area contributed by atoms with Crippen LogP contribution < -0.4 is 10.1 Å². The highest BCUT2D eigenvalue weighted by molar-refractivity contribution is 6.34. The van der Waals surface area contributed by atoms with Gasteiger partial charge in [0.1, 0.15) is 5.75 Å². The number of hydrogen-bond acceptors (Lipinski definition) is 7. The SMILES string of the molecule is CC[C@H](CO)NC(=O)Oc1cc([N+](=O)[O-])c(Cl)c([N+](=O)[O-])c1.